The second kappa shape index (κ2) is 5.65. The number of esters is 1. The Hall–Kier alpha value is -2.43. The minimum absolute atomic E-state index is 0.00357. The van der Waals surface area contributed by atoms with Crippen LogP contribution in [-0.4, -0.2) is 29.3 Å². The van der Waals surface area contributed by atoms with Gasteiger partial charge < -0.3 is 4.74 Å². The molecule has 1 aliphatic rings. The van der Waals surface area contributed by atoms with Crippen LogP contribution in [0.25, 0.3) is 10.9 Å². The summed E-state index contributed by atoms with van der Waals surface area (Å²) in [7, 11) is 1.34. The average Bonchev–Trinajstić information content (AvgIpc) is 2.94. The second-order valence-corrected chi connectivity index (χ2v) is 6.03. The Morgan fingerprint density at radius 3 is 2.74 bits per heavy atom. The first-order valence-electron chi connectivity index (χ1n) is 7.71. The van der Waals surface area contributed by atoms with Gasteiger partial charge in [0.2, 0.25) is 5.91 Å². The maximum atomic E-state index is 12.5. The van der Waals surface area contributed by atoms with Crippen molar-refractivity contribution in [1.29, 1.82) is 0 Å². The molecular weight excluding hydrogens is 294 g/mol. The highest BCUT2D eigenvalue weighted by atomic mass is 16.5. The van der Waals surface area contributed by atoms with Gasteiger partial charge in [0.15, 0.2) is 0 Å². The number of para-hydroxylation sites is 1. The molecule has 0 unspecified atom stereocenters. The zero-order valence-corrected chi connectivity index (χ0v) is 13.3. The van der Waals surface area contributed by atoms with E-state index < -0.39 is 5.41 Å². The summed E-state index contributed by atoms with van der Waals surface area (Å²) in [5, 5.41) is 0.932. The van der Waals surface area contributed by atoms with Gasteiger partial charge in [-0.05, 0) is 31.9 Å². The summed E-state index contributed by atoms with van der Waals surface area (Å²) in [4.78, 5) is 36.5. The van der Waals surface area contributed by atoms with Crippen LogP contribution >= 0.6 is 0 Å². The molecule has 1 atom stereocenters. The van der Waals surface area contributed by atoms with Gasteiger partial charge in [-0.25, -0.2) is 0 Å². The summed E-state index contributed by atoms with van der Waals surface area (Å²) in [5.41, 5.74) is 0.712. The Balaban J connectivity index is 2.16. The van der Waals surface area contributed by atoms with Crippen LogP contribution < -0.4 is 0 Å². The van der Waals surface area contributed by atoms with Gasteiger partial charge >= 0.3 is 5.97 Å². The molecule has 5 nitrogen and oxygen atoms in total. The van der Waals surface area contributed by atoms with Gasteiger partial charge in [-0.15, -0.1) is 0 Å². The molecule has 0 fully saturated rings. The van der Waals surface area contributed by atoms with Crippen molar-refractivity contribution >= 4 is 28.6 Å². The molecule has 120 valence electrons. The lowest BCUT2D eigenvalue weighted by Gasteiger charge is -2.35. The number of benzene rings is 1. The number of hydrogen-bond donors (Lipinski definition) is 0. The van der Waals surface area contributed by atoms with Gasteiger partial charge in [-0.2, -0.15) is 0 Å². The van der Waals surface area contributed by atoms with Crippen LogP contribution in [0.4, 0.5) is 0 Å². The Morgan fingerprint density at radius 2 is 2.04 bits per heavy atom. The molecule has 0 spiro atoms. The van der Waals surface area contributed by atoms with Crippen LogP contribution in [0.15, 0.2) is 30.3 Å². The van der Waals surface area contributed by atoms with Gasteiger partial charge in [0.1, 0.15) is 5.78 Å². The third-order valence-corrected chi connectivity index (χ3v) is 4.87. The van der Waals surface area contributed by atoms with Crippen molar-refractivity contribution < 1.29 is 19.1 Å². The first-order chi connectivity index (χ1) is 11.0. The lowest BCUT2D eigenvalue weighted by molar-refractivity contribution is -0.141. The topological polar surface area (TPSA) is 65.4 Å². The largest absolute Gasteiger partial charge is 0.469 e. The molecule has 2 aromatic rings. The number of ketones is 1. The second-order valence-electron chi connectivity index (χ2n) is 6.03. The molecular formula is C18H19NO4. The number of methoxy groups -OCH3 is 1. The van der Waals surface area contributed by atoms with Crippen LogP contribution in [-0.2, 0) is 19.7 Å². The molecule has 0 N–H and O–H groups in total. The van der Waals surface area contributed by atoms with E-state index in [-0.39, 0.29) is 24.1 Å². The number of hydrogen-bond acceptors (Lipinski definition) is 4. The van der Waals surface area contributed by atoms with Gasteiger partial charge in [-0.3, -0.25) is 19.0 Å². The van der Waals surface area contributed by atoms with Gasteiger partial charge in [-0.1, -0.05) is 18.2 Å². The predicted octanol–water partition coefficient (Wildman–Crippen LogP) is 2.86. The summed E-state index contributed by atoms with van der Waals surface area (Å²) in [5.74, 6) is -0.362. The highest BCUT2D eigenvalue weighted by molar-refractivity contribution is 6.00. The molecule has 1 aromatic carbocycles. The van der Waals surface area contributed by atoms with Crippen molar-refractivity contribution in [1.82, 2.24) is 4.57 Å². The molecule has 0 saturated carbocycles. The molecule has 1 aromatic heterocycles. The number of rotatable bonds is 4. The lowest BCUT2D eigenvalue weighted by atomic mass is 9.71. The van der Waals surface area contributed by atoms with E-state index in [9.17, 15) is 14.4 Å². The third kappa shape index (κ3) is 2.36. The fourth-order valence-corrected chi connectivity index (χ4v) is 3.54. The van der Waals surface area contributed by atoms with Crippen LogP contribution in [0.1, 0.15) is 43.1 Å². The number of nitrogens with zero attached hydrogens (tertiary/aromatic N) is 1. The first-order valence-corrected chi connectivity index (χ1v) is 7.71. The van der Waals surface area contributed by atoms with Crippen LogP contribution in [0.3, 0.4) is 0 Å². The zero-order valence-electron chi connectivity index (χ0n) is 13.3. The van der Waals surface area contributed by atoms with Crippen molar-refractivity contribution in [2.45, 2.75) is 38.0 Å². The highest BCUT2D eigenvalue weighted by Crippen LogP contribution is 2.42. The maximum absolute atomic E-state index is 12.5. The number of carbonyl (C=O) groups excluding carboxylic acids is 3. The first kappa shape index (κ1) is 15.5. The summed E-state index contributed by atoms with van der Waals surface area (Å²) >= 11 is 0. The van der Waals surface area contributed by atoms with E-state index in [2.05, 4.69) is 0 Å². The van der Waals surface area contributed by atoms with Gasteiger partial charge in [0.05, 0.1) is 18.0 Å². The van der Waals surface area contributed by atoms with Crippen molar-refractivity contribution in [3.8, 4) is 0 Å². The third-order valence-electron chi connectivity index (χ3n) is 4.87. The lowest BCUT2D eigenvalue weighted by Crippen LogP contribution is -2.42. The standard InChI is InChI=1S/C18H19NO4/c1-12(20)18(10-8-17(22)23-2)9-7-16(21)19-14-6-4-3-5-13(14)11-15(18)19/h3-6,11H,7-10H2,1-2H3/t18-/m0/s1. The average molecular weight is 313 g/mol. The molecule has 5 heteroatoms. The molecule has 0 radical (unpaired) electrons. The van der Waals surface area contributed by atoms with E-state index in [0.29, 0.717) is 25.0 Å². The van der Waals surface area contributed by atoms with Crippen LogP contribution in [0.5, 0.6) is 0 Å². The summed E-state index contributed by atoms with van der Waals surface area (Å²) in [6.45, 7) is 1.54. The van der Waals surface area contributed by atoms with E-state index in [4.69, 9.17) is 4.74 Å². The molecule has 1 aliphatic heterocycles. The van der Waals surface area contributed by atoms with Gasteiger partial charge in [0.25, 0.3) is 0 Å². The Labute approximate surface area is 134 Å². The smallest absolute Gasteiger partial charge is 0.305 e. The quantitative estimate of drug-likeness (QED) is 0.814. The van der Waals surface area contributed by atoms with Crippen molar-refractivity contribution in [3.05, 3.63) is 36.0 Å². The van der Waals surface area contributed by atoms with E-state index in [1.165, 1.54) is 14.0 Å². The molecule has 0 bridgehead atoms. The van der Waals surface area contributed by atoms with E-state index in [1.807, 2.05) is 30.3 Å². The zero-order chi connectivity index (χ0) is 16.6. The van der Waals surface area contributed by atoms with Crippen molar-refractivity contribution in [3.63, 3.8) is 0 Å². The molecule has 3 rings (SSSR count). The summed E-state index contributed by atoms with van der Waals surface area (Å²) in [6.07, 6.45) is 1.26. The van der Waals surface area contributed by atoms with E-state index in [0.717, 1.165) is 10.9 Å². The normalized spacial score (nSPS) is 20.3. The Bertz CT molecular complexity index is 804. The molecule has 0 amide bonds. The fourth-order valence-electron chi connectivity index (χ4n) is 3.54. The number of fused-ring (bicyclic) bond motifs is 3. The summed E-state index contributed by atoms with van der Waals surface area (Å²) < 4.78 is 6.36. The molecule has 0 saturated heterocycles. The SMILES string of the molecule is COC(=O)CC[C@]1(C(C)=O)CCC(=O)n2c1cc1ccccc12. The van der Waals surface area contributed by atoms with Crippen LogP contribution in [0.2, 0.25) is 0 Å². The van der Waals surface area contributed by atoms with Crippen molar-refractivity contribution in [2.24, 2.45) is 0 Å². The Kier molecular flexibility index (Phi) is 3.80. The van der Waals surface area contributed by atoms with Gasteiger partial charge in [0, 0.05) is 23.9 Å². The highest BCUT2D eigenvalue weighted by Gasteiger charge is 2.44. The molecule has 2 heterocycles. The van der Waals surface area contributed by atoms with Crippen molar-refractivity contribution in [2.75, 3.05) is 7.11 Å². The number of aromatic nitrogens is 1. The number of carbonyl (C=O) groups is 3. The summed E-state index contributed by atoms with van der Waals surface area (Å²) in [6, 6.07) is 9.50. The van der Waals surface area contributed by atoms with E-state index in [1.54, 1.807) is 4.57 Å². The minimum Gasteiger partial charge on any atom is -0.469 e. The van der Waals surface area contributed by atoms with E-state index >= 15 is 0 Å². The monoisotopic (exact) mass is 313 g/mol. The predicted molar refractivity (Wildman–Crippen MR) is 85.4 cm³/mol. The molecule has 23 heavy (non-hydrogen) atoms. The fraction of sp³-hybridized carbons (Fsp3) is 0.389. The Morgan fingerprint density at radius 1 is 1.30 bits per heavy atom. The number of ether oxygens (including phenoxy) is 1. The molecule has 0 aliphatic carbocycles. The van der Waals surface area contributed by atoms with Crippen LogP contribution in [0, 0.1) is 0 Å². The maximum Gasteiger partial charge on any atom is 0.305 e. The number of Topliss-reactive ketones (excluding diaryl/α,β-unsaturated/α-hetero) is 1. The minimum atomic E-state index is -0.804.